The Hall–Kier alpha value is -0.0200. The van der Waals surface area contributed by atoms with Crippen molar-refractivity contribution in [2.24, 2.45) is 0 Å². The molecule has 0 atom stereocenters. The Morgan fingerprint density at radius 2 is 2.09 bits per heavy atom. The quantitative estimate of drug-likeness (QED) is 0.782. The molecule has 0 aliphatic rings. The first-order valence-corrected chi connectivity index (χ1v) is 5.10. The van der Waals surface area contributed by atoms with Gasteiger partial charge in [-0.15, -0.1) is 0 Å². The van der Waals surface area contributed by atoms with Gasteiger partial charge in [-0.3, -0.25) is 0 Å². The zero-order valence-electron chi connectivity index (χ0n) is 6.06. The van der Waals surface area contributed by atoms with Crippen LogP contribution in [0.2, 0.25) is 0 Å². The van der Waals surface area contributed by atoms with Gasteiger partial charge in [0.25, 0.3) is 0 Å². The van der Waals surface area contributed by atoms with E-state index >= 15 is 0 Å². The third-order valence-electron chi connectivity index (χ3n) is 1.43. The molecule has 1 N–H and O–H groups in total. The summed E-state index contributed by atoms with van der Waals surface area (Å²) in [5.74, 6) is 0.326. The van der Waals surface area contributed by atoms with E-state index in [-0.39, 0.29) is 0 Å². The van der Waals surface area contributed by atoms with Gasteiger partial charge in [-0.05, 0) is 34.5 Å². The van der Waals surface area contributed by atoms with Crippen LogP contribution in [-0.4, -0.2) is 5.11 Å². The molecule has 0 saturated heterocycles. The Bertz CT molecular complexity index is 271. The van der Waals surface area contributed by atoms with Gasteiger partial charge in [0.1, 0.15) is 5.75 Å². The molecule has 1 nitrogen and oxygen atoms in total. The highest BCUT2D eigenvalue weighted by molar-refractivity contribution is 9.10. The first-order valence-electron chi connectivity index (χ1n) is 3.19. The molecule has 1 aromatic carbocycles. The fourth-order valence-corrected chi connectivity index (χ4v) is 1.95. The number of benzene rings is 1. The molecule has 0 radical (unpaired) electrons. The van der Waals surface area contributed by atoms with E-state index in [1.165, 1.54) is 0 Å². The molecule has 11 heavy (non-hydrogen) atoms. The summed E-state index contributed by atoms with van der Waals surface area (Å²) in [7, 11) is 0. The maximum absolute atomic E-state index is 9.45. The molecule has 60 valence electrons. The van der Waals surface area contributed by atoms with Crippen molar-refractivity contribution in [1.82, 2.24) is 0 Å². The van der Waals surface area contributed by atoms with Crippen LogP contribution in [0.5, 0.6) is 5.75 Å². The highest BCUT2D eigenvalue weighted by Crippen LogP contribution is 2.30. The van der Waals surface area contributed by atoms with Crippen LogP contribution in [0.15, 0.2) is 16.6 Å². The fourth-order valence-electron chi connectivity index (χ4n) is 0.908. The number of alkyl halides is 1. The Kier molecular flexibility index (Phi) is 2.96. The second-order valence-electron chi connectivity index (χ2n) is 2.39. The molecule has 0 amide bonds. The topological polar surface area (TPSA) is 20.2 Å². The van der Waals surface area contributed by atoms with Crippen molar-refractivity contribution in [2.75, 3.05) is 0 Å². The van der Waals surface area contributed by atoms with Crippen molar-refractivity contribution in [3.05, 3.63) is 27.7 Å². The molecule has 0 heterocycles. The molecule has 0 bridgehead atoms. The first-order chi connectivity index (χ1) is 5.15. The SMILES string of the molecule is Cc1cc(Br)c(O)c(CBr)c1. The van der Waals surface area contributed by atoms with E-state index in [2.05, 4.69) is 31.9 Å². The van der Waals surface area contributed by atoms with Gasteiger partial charge in [-0.1, -0.05) is 22.0 Å². The van der Waals surface area contributed by atoms with E-state index in [1.807, 2.05) is 19.1 Å². The highest BCUT2D eigenvalue weighted by Gasteiger charge is 2.04. The largest absolute Gasteiger partial charge is 0.506 e. The zero-order valence-corrected chi connectivity index (χ0v) is 9.24. The lowest BCUT2D eigenvalue weighted by Crippen LogP contribution is -1.82. The van der Waals surface area contributed by atoms with Gasteiger partial charge >= 0.3 is 0 Å². The molecule has 0 spiro atoms. The minimum Gasteiger partial charge on any atom is -0.506 e. The Morgan fingerprint density at radius 3 is 2.64 bits per heavy atom. The summed E-state index contributed by atoms with van der Waals surface area (Å²) in [6.07, 6.45) is 0. The number of phenolic OH excluding ortho intramolecular Hbond substituents is 1. The third kappa shape index (κ3) is 1.97. The molecule has 1 aromatic rings. The van der Waals surface area contributed by atoms with Crippen LogP contribution in [0.4, 0.5) is 0 Å². The minimum absolute atomic E-state index is 0.326. The van der Waals surface area contributed by atoms with E-state index in [9.17, 15) is 5.11 Å². The number of phenols is 1. The summed E-state index contributed by atoms with van der Waals surface area (Å²) >= 11 is 6.56. The molecule has 0 saturated carbocycles. The smallest absolute Gasteiger partial charge is 0.133 e. The molecule has 0 aliphatic carbocycles. The second-order valence-corrected chi connectivity index (χ2v) is 3.80. The molecule has 3 heteroatoms. The fraction of sp³-hybridized carbons (Fsp3) is 0.250. The normalized spacial score (nSPS) is 10.1. The van der Waals surface area contributed by atoms with Gasteiger partial charge < -0.3 is 5.11 Å². The van der Waals surface area contributed by atoms with Gasteiger partial charge in [0.15, 0.2) is 0 Å². The Morgan fingerprint density at radius 1 is 1.45 bits per heavy atom. The molecule has 0 fully saturated rings. The third-order valence-corrected chi connectivity index (χ3v) is 2.64. The van der Waals surface area contributed by atoms with Crippen LogP contribution >= 0.6 is 31.9 Å². The Labute approximate surface area is 82.7 Å². The van der Waals surface area contributed by atoms with Crippen molar-refractivity contribution in [3.63, 3.8) is 0 Å². The lowest BCUT2D eigenvalue weighted by Gasteiger charge is -2.04. The van der Waals surface area contributed by atoms with E-state index in [4.69, 9.17) is 0 Å². The zero-order chi connectivity index (χ0) is 8.43. The standard InChI is InChI=1S/C8H8Br2O/c1-5-2-6(4-9)8(11)7(10)3-5/h2-3,11H,4H2,1H3. The number of aromatic hydroxyl groups is 1. The van der Waals surface area contributed by atoms with Crippen LogP contribution in [-0.2, 0) is 5.33 Å². The number of hydrogen-bond acceptors (Lipinski definition) is 1. The molecule has 0 aromatic heterocycles. The van der Waals surface area contributed by atoms with Gasteiger partial charge in [0.05, 0.1) is 4.47 Å². The van der Waals surface area contributed by atoms with E-state index in [0.717, 1.165) is 15.6 Å². The summed E-state index contributed by atoms with van der Waals surface area (Å²) in [6.45, 7) is 2.00. The van der Waals surface area contributed by atoms with Gasteiger partial charge in [0.2, 0.25) is 0 Å². The molecule has 1 rings (SSSR count). The van der Waals surface area contributed by atoms with Crippen molar-refractivity contribution in [1.29, 1.82) is 0 Å². The predicted molar refractivity (Wildman–Crippen MR) is 53.2 cm³/mol. The maximum atomic E-state index is 9.45. The monoisotopic (exact) mass is 278 g/mol. The van der Waals surface area contributed by atoms with Crippen LogP contribution in [0.25, 0.3) is 0 Å². The van der Waals surface area contributed by atoms with Crippen molar-refractivity contribution in [2.45, 2.75) is 12.3 Å². The summed E-state index contributed by atoms with van der Waals surface area (Å²) in [4.78, 5) is 0. The predicted octanol–water partition coefficient (Wildman–Crippen LogP) is 3.36. The minimum atomic E-state index is 0.326. The number of hydrogen-bond donors (Lipinski definition) is 1. The summed E-state index contributed by atoms with van der Waals surface area (Å²) in [5.41, 5.74) is 2.06. The van der Waals surface area contributed by atoms with Gasteiger partial charge in [-0.25, -0.2) is 0 Å². The average Bonchev–Trinajstić information content (AvgIpc) is 1.96. The van der Waals surface area contributed by atoms with Gasteiger partial charge in [-0.2, -0.15) is 0 Å². The molecule has 0 aliphatic heterocycles. The molecular formula is C8H8Br2O. The van der Waals surface area contributed by atoms with Gasteiger partial charge in [0, 0.05) is 10.9 Å². The van der Waals surface area contributed by atoms with E-state index in [0.29, 0.717) is 11.1 Å². The first kappa shape index (κ1) is 9.07. The summed E-state index contributed by atoms with van der Waals surface area (Å²) in [6, 6.07) is 3.84. The van der Waals surface area contributed by atoms with E-state index in [1.54, 1.807) is 0 Å². The van der Waals surface area contributed by atoms with Crippen LogP contribution in [0.3, 0.4) is 0 Å². The van der Waals surface area contributed by atoms with Crippen molar-refractivity contribution in [3.8, 4) is 5.75 Å². The number of halogens is 2. The van der Waals surface area contributed by atoms with Crippen molar-refractivity contribution >= 4 is 31.9 Å². The number of aryl methyl sites for hydroxylation is 1. The highest BCUT2D eigenvalue weighted by atomic mass is 79.9. The van der Waals surface area contributed by atoms with Crippen LogP contribution in [0, 0.1) is 6.92 Å². The van der Waals surface area contributed by atoms with Crippen LogP contribution < -0.4 is 0 Å². The lowest BCUT2D eigenvalue weighted by atomic mass is 10.1. The average molecular weight is 280 g/mol. The maximum Gasteiger partial charge on any atom is 0.133 e. The molecule has 0 unspecified atom stereocenters. The van der Waals surface area contributed by atoms with E-state index < -0.39 is 0 Å². The van der Waals surface area contributed by atoms with Crippen LogP contribution in [0.1, 0.15) is 11.1 Å². The van der Waals surface area contributed by atoms with Crippen molar-refractivity contribution < 1.29 is 5.11 Å². The molecular weight excluding hydrogens is 272 g/mol. The lowest BCUT2D eigenvalue weighted by molar-refractivity contribution is 0.467. The summed E-state index contributed by atoms with van der Waals surface area (Å²) < 4.78 is 0.756. The summed E-state index contributed by atoms with van der Waals surface area (Å²) in [5, 5.41) is 10.1. The second kappa shape index (κ2) is 3.59. The number of rotatable bonds is 1. The Balaban J connectivity index is 3.24.